The van der Waals surface area contributed by atoms with Crippen molar-refractivity contribution in [3.8, 4) is 0 Å². The van der Waals surface area contributed by atoms with Gasteiger partial charge in [-0.3, -0.25) is 0 Å². The lowest BCUT2D eigenvalue weighted by Crippen LogP contribution is -2.50. The maximum absolute atomic E-state index is 3.47. The number of nitrogens with one attached hydrogen (secondary N) is 2. The quantitative estimate of drug-likeness (QED) is 0.594. The summed E-state index contributed by atoms with van der Waals surface area (Å²) in [4.78, 5) is 0. The average molecular weight is 142 g/mol. The van der Waals surface area contributed by atoms with Crippen molar-refractivity contribution in [2.45, 2.75) is 38.8 Å². The first-order chi connectivity index (χ1) is 4.84. The molecule has 60 valence electrons. The molecule has 0 saturated carbocycles. The Kier molecular flexibility index (Phi) is 3.16. The van der Waals surface area contributed by atoms with Gasteiger partial charge in [0.05, 0.1) is 0 Å². The topological polar surface area (TPSA) is 24.1 Å². The van der Waals surface area contributed by atoms with Gasteiger partial charge in [0.2, 0.25) is 0 Å². The first-order valence-electron chi connectivity index (χ1n) is 4.31. The highest BCUT2D eigenvalue weighted by atomic mass is 15.0. The Balaban J connectivity index is 2.25. The second-order valence-corrected chi connectivity index (χ2v) is 3.05. The summed E-state index contributed by atoms with van der Waals surface area (Å²) in [6.07, 6.45) is 2.66. The van der Waals surface area contributed by atoms with E-state index in [0.717, 1.165) is 6.54 Å². The van der Waals surface area contributed by atoms with Gasteiger partial charge < -0.3 is 10.6 Å². The molecule has 10 heavy (non-hydrogen) atoms. The van der Waals surface area contributed by atoms with E-state index in [1.165, 1.54) is 19.4 Å². The Morgan fingerprint density at radius 2 is 2.40 bits per heavy atom. The molecule has 1 rings (SSSR count). The van der Waals surface area contributed by atoms with Crippen molar-refractivity contribution in [1.82, 2.24) is 10.6 Å². The van der Waals surface area contributed by atoms with Crippen LogP contribution in [0.2, 0.25) is 0 Å². The molecule has 0 radical (unpaired) electrons. The minimum absolute atomic E-state index is 0.661. The van der Waals surface area contributed by atoms with E-state index >= 15 is 0 Å². The monoisotopic (exact) mass is 142 g/mol. The first kappa shape index (κ1) is 8.02. The number of hydrogen-bond acceptors (Lipinski definition) is 2. The van der Waals surface area contributed by atoms with Crippen molar-refractivity contribution in [2.75, 3.05) is 13.1 Å². The van der Waals surface area contributed by atoms with Crippen LogP contribution in [0.5, 0.6) is 0 Å². The summed E-state index contributed by atoms with van der Waals surface area (Å²) in [5.74, 6) is 0. The number of hydrogen-bond donors (Lipinski definition) is 2. The van der Waals surface area contributed by atoms with Crippen LogP contribution in [0, 0.1) is 0 Å². The van der Waals surface area contributed by atoms with Crippen LogP contribution in [0.25, 0.3) is 0 Å². The molecule has 1 saturated heterocycles. The van der Waals surface area contributed by atoms with Crippen LogP contribution in [-0.2, 0) is 0 Å². The summed E-state index contributed by atoms with van der Waals surface area (Å²) in [6, 6.07) is 1.37. The summed E-state index contributed by atoms with van der Waals surface area (Å²) in [6.45, 7) is 6.72. The fourth-order valence-electron chi connectivity index (χ4n) is 1.58. The van der Waals surface area contributed by atoms with Crippen LogP contribution < -0.4 is 10.6 Å². The van der Waals surface area contributed by atoms with E-state index in [-0.39, 0.29) is 0 Å². The lowest BCUT2D eigenvalue weighted by molar-refractivity contribution is 0.322. The minimum atomic E-state index is 0.661. The Hall–Kier alpha value is -0.0800. The van der Waals surface area contributed by atoms with Crippen LogP contribution in [0.15, 0.2) is 0 Å². The van der Waals surface area contributed by atoms with Gasteiger partial charge >= 0.3 is 0 Å². The zero-order valence-corrected chi connectivity index (χ0v) is 6.98. The van der Waals surface area contributed by atoms with E-state index in [9.17, 15) is 0 Å². The predicted octanol–water partition coefficient (Wildman–Crippen LogP) is 0.736. The fraction of sp³-hybridized carbons (Fsp3) is 1.00. The van der Waals surface area contributed by atoms with E-state index in [4.69, 9.17) is 0 Å². The van der Waals surface area contributed by atoms with Gasteiger partial charge in [-0.15, -0.1) is 0 Å². The molecule has 0 amide bonds. The summed E-state index contributed by atoms with van der Waals surface area (Å²) in [7, 11) is 0. The number of rotatable bonds is 2. The maximum atomic E-state index is 3.47. The molecule has 0 aromatic carbocycles. The number of piperidine rings is 1. The van der Waals surface area contributed by atoms with Crippen LogP contribution >= 0.6 is 0 Å². The Labute approximate surface area is 63.4 Å². The molecule has 2 heteroatoms. The van der Waals surface area contributed by atoms with Crippen molar-refractivity contribution in [3.63, 3.8) is 0 Å². The first-order valence-corrected chi connectivity index (χ1v) is 4.31. The summed E-state index contributed by atoms with van der Waals surface area (Å²) in [5, 5.41) is 6.93. The highest BCUT2D eigenvalue weighted by Gasteiger charge is 2.18. The largest absolute Gasteiger partial charge is 0.313 e. The second-order valence-electron chi connectivity index (χ2n) is 3.05. The van der Waals surface area contributed by atoms with E-state index < -0.39 is 0 Å². The van der Waals surface area contributed by atoms with Crippen molar-refractivity contribution in [3.05, 3.63) is 0 Å². The summed E-state index contributed by atoms with van der Waals surface area (Å²) < 4.78 is 0. The zero-order valence-electron chi connectivity index (χ0n) is 6.98. The van der Waals surface area contributed by atoms with E-state index in [2.05, 4.69) is 24.5 Å². The average Bonchev–Trinajstić information content (AvgIpc) is 1.94. The zero-order chi connectivity index (χ0) is 7.40. The molecule has 0 aliphatic carbocycles. The Bertz CT molecular complexity index is 91.3. The van der Waals surface area contributed by atoms with Crippen LogP contribution in [0.1, 0.15) is 26.7 Å². The van der Waals surface area contributed by atoms with Gasteiger partial charge in [0.15, 0.2) is 0 Å². The van der Waals surface area contributed by atoms with Gasteiger partial charge in [0.25, 0.3) is 0 Å². The summed E-state index contributed by atoms with van der Waals surface area (Å²) in [5.41, 5.74) is 0. The molecule has 2 atom stereocenters. The molecule has 0 spiro atoms. The molecule has 1 aliphatic heterocycles. The molecule has 0 aromatic rings. The smallest absolute Gasteiger partial charge is 0.0218 e. The minimum Gasteiger partial charge on any atom is -0.313 e. The van der Waals surface area contributed by atoms with Gasteiger partial charge in [-0.1, -0.05) is 6.92 Å². The third-order valence-electron chi connectivity index (χ3n) is 2.23. The van der Waals surface area contributed by atoms with Crippen LogP contribution in [-0.4, -0.2) is 25.2 Å². The molecule has 1 fully saturated rings. The lowest BCUT2D eigenvalue weighted by atomic mass is 10.0. The van der Waals surface area contributed by atoms with Gasteiger partial charge in [-0.05, 0) is 32.9 Å². The molecular weight excluding hydrogens is 124 g/mol. The number of likely N-dealkylation sites (N-methyl/N-ethyl adjacent to an activating group) is 1. The van der Waals surface area contributed by atoms with Crippen molar-refractivity contribution >= 4 is 0 Å². The molecule has 1 heterocycles. The third-order valence-corrected chi connectivity index (χ3v) is 2.23. The normalized spacial score (nSPS) is 34.2. The van der Waals surface area contributed by atoms with Gasteiger partial charge in [-0.25, -0.2) is 0 Å². The molecule has 2 N–H and O–H groups in total. The third kappa shape index (κ3) is 1.96. The Morgan fingerprint density at radius 3 is 3.00 bits per heavy atom. The van der Waals surface area contributed by atoms with E-state index in [1.807, 2.05) is 0 Å². The molecule has 1 aliphatic rings. The highest BCUT2D eigenvalue weighted by molar-refractivity contribution is 4.82. The second kappa shape index (κ2) is 3.94. The fourth-order valence-corrected chi connectivity index (χ4v) is 1.58. The highest BCUT2D eigenvalue weighted by Crippen LogP contribution is 2.07. The molecule has 2 nitrogen and oxygen atoms in total. The Morgan fingerprint density at radius 1 is 1.60 bits per heavy atom. The van der Waals surface area contributed by atoms with Crippen LogP contribution in [0.4, 0.5) is 0 Å². The van der Waals surface area contributed by atoms with E-state index in [1.54, 1.807) is 0 Å². The van der Waals surface area contributed by atoms with Crippen molar-refractivity contribution in [2.24, 2.45) is 0 Å². The van der Waals surface area contributed by atoms with E-state index in [0.29, 0.717) is 12.1 Å². The lowest BCUT2D eigenvalue weighted by Gasteiger charge is -2.30. The molecule has 0 bridgehead atoms. The summed E-state index contributed by atoms with van der Waals surface area (Å²) >= 11 is 0. The molecule has 2 unspecified atom stereocenters. The molecule has 0 aromatic heterocycles. The molecular formula is C8H18N2. The SMILES string of the molecule is CCNC1CCCNC1C. The maximum Gasteiger partial charge on any atom is 0.0218 e. The van der Waals surface area contributed by atoms with Gasteiger partial charge in [0.1, 0.15) is 0 Å². The van der Waals surface area contributed by atoms with Crippen molar-refractivity contribution < 1.29 is 0 Å². The van der Waals surface area contributed by atoms with Gasteiger partial charge in [0, 0.05) is 12.1 Å². The predicted molar refractivity (Wildman–Crippen MR) is 44.2 cm³/mol. The van der Waals surface area contributed by atoms with Crippen LogP contribution in [0.3, 0.4) is 0 Å². The standard InChI is InChI=1S/C8H18N2/c1-3-9-8-5-4-6-10-7(8)2/h7-10H,3-6H2,1-2H3. The van der Waals surface area contributed by atoms with Crippen molar-refractivity contribution in [1.29, 1.82) is 0 Å². The van der Waals surface area contributed by atoms with Gasteiger partial charge in [-0.2, -0.15) is 0 Å².